The van der Waals surface area contributed by atoms with Crippen LogP contribution in [-0.2, 0) is 0 Å². The third-order valence-corrected chi connectivity index (χ3v) is 8.43. The normalized spacial score (nSPS) is 11.3. The maximum atomic E-state index is 2.46. The minimum absolute atomic E-state index is 1.12. The molecule has 0 radical (unpaired) electrons. The summed E-state index contributed by atoms with van der Waals surface area (Å²) < 4.78 is 0. The van der Waals surface area contributed by atoms with E-state index in [2.05, 4.69) is 181 Å². The minimum atomic E-state index is 1.12. The van der Waals surface area contributed by atoms with Crippen molar-refractivity contribution < 1.29 is 0 Å². The highest BCUT2D eigenvalue weighted by molar-refractivity contribution is 6.16. The van der Waals surface area contributed by atoms with Crippen molar-refractivity contribution in [2.75, 3.05) is 4.90 Å². The van der Waals surface area contributed by atoms with Crippen LogP contribution in [-0.4, -0.2) is 0 Å². The van der Waals surface area contributed by atoms with E-state index >= 15 is 0 Å². The van der Waals surface area contributed by atoms with E-state index < -0.39 is 0 Å². The maximum Gasteiger partial charge on any atom is 0.0546 e. The molecule has 1 heteroatoms. The SMILES string of the molecule is c1ccc(-c2ccc(N(c3cc4ccccc4c4ccccc34)c3cccc4cccc(-c5ccccc5)c34)cc2)cc1. The van der Waals surface area contributed by atoms with Gasteiger partial charge in [0.2, 0.25) is 0 Å². The summed E-state index contributed by atoms with van der Waals surface area (Å²) in [7, 11) is 0. The van der Waals surface area contributed by atoms with Crippen molar-refractivity contribution in [2.24, 2.45) is 0 Å². The first kappa shape index (κ1) is 25.1. The number of fused-ring (bicyclic) bond motifs is 4. The monoisotopic (exact) mass is 547 g/mol. The highest BCUT2D eigenvalue weighted by Gasteiger charge is 2.21. The average molecular weight is 548 g/mol. The molecule has 0 aliphatic heterocycles. The molecule has 0 saturated heterocycles. The second kappa shape index (κ2) is 10.6. The third-order valence-electron chi connectivity index (χ3n) is 8.43. The Morgan fingerprint density at radius 2 is 0.884 bits per heavy atom. The van der Waals surface area contributed by atoms with Crippen molar-refractivity contribution in [1.29, 1.82) is 0 Å². The lowest BCUT2D eigenvalue weighted by molar-refractivity contribution is 1.32. The highest BCUT2D eigenvalue weighted by atomic mass is 15.1. The number of anilines is 3. The smallest absolute Gasteiger partial charge is 0.0546 e. The molecule has 1 nitrogen and oxygen atoms in total. The number of hydrogen-bond donors (Lipinski definition) is 0. The molecule has 0 N–H and O–H groups in total. The summed E-state index contributed by atoms with van der Waals surface area (Å²) in [4.78, 5) is 2.46. The van der Waals surface area contributed by atoms with E-state index in [9.17, 15) is 0 Å². The summed E-state index contributed by atoms with van der Waals surface area (Å²) in [6.07, 6.45) is 0. The van der Waals surface area contributed by atoms with Gasteiger partial charge in [-0.05, 0) is 68.1 Å². The summed E-state index contributed by atoms with van der Waals surface area (Å²) >= 11 is 0. The van der Waals surface area contributed by atoms with Gasteiger partial charge in [-0.3, -0.25) is 0 Å². The van der Waals surface area contributed by atoms with Crippen molar-refractivity contribution in [1.82, 2.24) is 0 Å². The van der Waals surface area contributed by atoms with Gasteiger partial charge in [0.05, 0.1) is 11.4 Å². The zero-order chi connectivity index (χ0) is 28.6. The van der Waals surface area contributed by atoms with Crippen LogP contribution in [0.5, 0.6) is 0 Å². The van der Waals surface area contributed by atoms with Gasteiger partial charge < -0.3 is 4.90 Å². The molecule has 202 valence electrons. The van der Waals surface area contributed by atoms with E-state index in [-0.39, 0.29) is 0 Å². The molecule has 0 heterocycles. The van der Waals surface area contributed by atoms with Crippen molar-refractivity contribution in [3.05, 3.63) is 176 Å². The van der Waals surface area contributed by atoms with E-state index in [1.165, 1.54) is 54.6 Å². The van der Waals surface area contributed by atoms with Crippen LogP contribution in [0, 0.1) is 0 Å². The van der Waals surface area contributed by atoms with Crippen LogP contribution in [0.2, 0.25) is 0 Å². The number of hydrogen-bond acceptors (Lipinski definition) is 1. The number of nitrogens with zero attached hydrogens (tertiary/aromatic N) is 1. The third kappa shape index (κ3) is 4.43. The zero-order valence-electron chi connectivity index (χ0n) is 23.7. The fraction of sp³-hybridized carbons (Fsp3) is 0. The molecule has 0 aliphatic carbocycles. The van der Waals surface area contributed by atoms with E-state index in [0.717, 1.165) is 17.1 Å². The van der Waals surface area contributed by atoms with Crippen molar-refractivity contribution in [2.45, 2.75) is 0 Å². The largest absolute Gasteiger partial charge is 0.309 e. The first-order valence-corrected chi connectivity index (χ1v) is 14.8. The number of rotatable bonds is 5. The van der Waals surface area contributed by atoms with Crippen LogP contribution in [0.15, 0.2) is 176 Å². The fourth-order valence-electron chi connectivity index (χ4n) is 6.43. The van der Waals surface area contributed by atoms with Crippen LogP contribution < -0.4 is 4.90 Å². The van der Waals surface area contributed by atoms with Crippen molar-refractivity contribution in [3.63, 3.8) is 0 Å². The van der Waals surface area contributed by atoms with E-state index in [1.54, 1.807) is 0 Å². The molecule has 0 fully saturated rings. The van der Waals surface area contributed by atoms with Crippen LogP contribution in [0.1, 0.15) is 0 Å². The second-order valence-corrected chi connectivity index (χ2v) is 11.0. The summed E-state index contributed by atoms with van der Waals surface area (Å²) in [5.74, 6) is 0. The summed E-state index contributed by atoms with van der Waals surface area (Å²) in [6, 6.07) is 63.5. The molecular formula is C42H29N. The van der Waals surface area contributed by atoms with E-state index in [1.807, 2.05) is 0 Å². The predicted molar refractivity (Wildman–Crippen MR) is 185 cm³/mol. The first-order chi connectivity index (χ1) is 21.3. The lowest BCUT2D eigenvalue weighted by Crippen LogP contribution is -2.11. The molecule has 0 amide bonds. The van der Waals surface area contributed by atoms with Gasteiger partial charge in [-0.2, -0.15) is 0 Å². The van der Waals surface area contributed by atoms with Crippen molar-refractivity contribution >= 4 is 49.4 Å². The molecular weight excluding hydrogens is 518 g/mol. The highest BCUT2D eigenvalue weighted by Crippen LogP contribution is 2.46. The molecule has 8 aromatic carbocycles. The molecule has 0 aliphatic rings. The Balaban J connectivity index is 1.44. The van der Waals surface area contributed by atoms with Gasteiger partial charge in [0.1, 0.15) is 0 Å². The van der Waals surface area contributed by atoms with Crippen LogP contribution in [0.4, 0.5) is 17.1 Å². The molecule has 0 spiro atoms. The second-order valence-electron chi connectivity index (χ2n) is 11.0. The van der Waals surface area contributed by atoms with E-state index in [4.69, 9.17) is 0 Å². The van der Waals surface area contributed by atoms with Gasteiger partial charge in [-0.1, -0.05) is 152 Å². The lowest BCUT2D eigenvalue weighted by atomic mass is 9.95. The Morgan fingerprint density at radius 1 is 0.326 bits per heavy atom. The average Bonchev–Trinajstić information content (AvgIpc) is 3.09. The Kier molecular flexibility index (Phi) is 6.20. The fourth-order valence-corrected chi connectivity index (χ4v) is 6.43. The molecule has 0 atom stereocenters. The standard InChI is InChI=1S/C42H29N/c1-3-13-30(14-4-1)31-25-27-35(28-26-31)43(41-29-34-17-7-8-20-36(34)38-21-9-10-22-39(38)41)40-24-12-19-33-18-11-23-37(42(33)40)32-15-5-2-6-16-32/h1-29H. The topological polar surface area (TPSA) is 3.24 Å². The Hall–Kier alpha value is -5.66. The van der Waals surface area contributed by atoms with Crippen LogP contribution >= 0.6 is 0 Å². The van der Waals surface area contributed by atoms with Gasteiger partial charge >= 0.3 is 0 Å². The minimum Gasteiger partial charge on any atom is -0.309 e. The summed E-state index contributed by atoms with van der Waals surface area (Å²) in [6.45, 7) is 0. The molecule has 0 bridgehead atoms. The Bertz CT molecular complexity index is 2210. The Morgan fingerprint density at radius 3 is 1.63 bits per heavy atom. The van der Waals surface area contributed by atoms with Crippen LogP contribution in [0.25, 0.3) is 54.6 Å². The first-order valence-electron chi connectivity index (χ1n) is 14.8. The zero-order valence-corrected chi connectivity index (χ0v) is 23.7. The van der Waals surface area contributed by atoms with Crippen molar-refractivity contribution in [3.8, 4) is 22.3 Å². The van der Waals surface area contributed by atoms with Gasteiger partial charge in [-0.25, -0.2) is 0 Å². The van der Waals surface area contributed by atoms with Gasteiger partial charge in [0.15, 0.2) is 0 Å². The molecule has 0 saturated carbocycles. The predicted octanol–water partition coefficient (Wildman–Crippen LogP) is 11.9. The van der Waals surface area contributed by atoms with Crippen LogP contribution in [0.3, 0.4) is 0 Å². The quantitative estimate of drug-likeness (QED) is 0.194. The molecule has 0 aromatic heterocycles. The van der Waals surface area contributed by atoms with Gasteiger partial charge in [-0.15, -0.1) is 0 Å². The summed E-state index contributed by atoms with van der Waals surface area (Å²) in [5, 5.41) is 7.43. The summed E-state index contributed by atoms with van der Waals surface area (Å²) in [5.41, 5.74) is 8.30. The van der Waals surface area contributed by atoms with Gasteiger partial charge in [0, 0.05) is 16.5 Å². The lowest BCUT2D eigenvalue weighted by Gasteiger charge is -2.29. The van der Waals surface area contributed by atoms with E-state index in [0.29, 0.717) is 0 Å². The molecule has 0 unspecified atom stereocenters. The Labute approximate surface area is 251 Å². The number of benzene rings is 8. The molecule has 8 rings (SSSR count). The maximum absolute atomic E-state index is 2.46. The molecule has 43 heavy (non-hydrogen) atoms. The van der Waals surface area contributed by atoms with Gasteiger partial charge in [0.25, 0.3) is 0 Å². The molecule has 8 aromatic rings.